The van der Waals surface area contributed by atoms with E-state index in [-0.39, 0.29) is 11.4 Å². The first-order valence-corrected chi connectivity index (χ1v) is 8.54. The van der Waals surface area contributed by atoms with Gasteiger partial charge >= 0.3 is 11.6 Å². The number of anilines is 2. The minimum Gasteiger partial charge on any atom is -0.471 e. The lowest BCUT2D eigenvalue weighted by Crippen LogP contribution is -2.41. The highest BCUT2D eigenvalue weighted by atomic mass is 19.3. The molecule has 0 bridgehead atoms. The molecule has 0 aliphatic carbocycles. The van der Waals surface area contributed by atoms with E-state index in [4.69, 9.17) is 14.6 Å². The summed E-state index contributed by atoms with van der Waals surface area (Å²) in [6.45, 7) is -0.551. The van der Waals surface area contributed by atoms with E-state index in [9.17, 15) is 23.5 Å². The van der Waals surface area contributed by atoms with Crippen LogP contribution >= 0.6 is 0 Å². The molecule has 2 aliphatic rings. The number of hydrogen-bond acceptors (Lipinski definition) is 8. The molecule has 29 heavy (non-hydrogen) atoms. The Balaban J connectivity index is 1.53. The first-order chi connectivity index (χ1) is 13.8. The highest BCUT2D eigenvalue weighted by Gasteiger charge is 2.59. The van der Waals surface area contributed by atoms with Crippen LogP contribution in [-0.2, 0) is 4.74 Å². The molecule has 1 saturated heterocycles. The molecule has 3 heterocycles. The lowest BCUT2D eigenvalue weighted by atomic mass is 10.1. The van der Waals surface area contributed by atoms with Crippen LogP contribution in [0.25, 0.3) is 0 Å². The van der Waals surface area contributed by atoms with E-state index in [1.165, 1.54) is 6.07 Å². The Kier molecular flexibility index (Phi) is 4.68. The van der Waals surface area contributed by atoms with Gasteiger partial charge in [-0.1, -0.05) is 0 Å². The molecule has 12 heteroatoms. The quantitative estimate of drug-likeness (QED) is 0.559. The van der Waals surface area contributed by atoms with Gasteiger partial charge in [-0.15, -0.1) is 0 Å². The number of nitrogens with zero attached hydrogens (tertiary/aromatic N) is 2. The Labute approximate surface area is 161 Å². The van der Waals surface area contributed by atoms with Crippen LogP contribution in [0, 0.1) is 0 Å². The van der Waals surface area contributed by atoms with Gasteiger partial charge in [0.05, 0.1) is 12.3 Å². The fraction of sp³-hybridized carbons (Fsp3) is 0.353. The van der Waals surface area contributed by atoms with Crippen molar-refractivity contribution in [3.8, 4) is 5.75 Å². The molecular weight excluding hydrogens is 394 g/mol. The van der Waals surface area contributed by atoms with Crippen molar-refractivity contribution in [2.45, 2.75) is 24.4 Å². The smallest absolute Gasteiger partial charge is 0.351 e. The van der Waals surface area contributed by atoms with Gasteiger partial charge < -0.3 is 30.3 Å². The third kappa shape index (κ3) is 3.30. The molecule has 2 aromatic rings. The van der Waals surface area contributed by atoms with E-state index in [1.54, 1.807) is 12.1 Å². The lowest BCUT2D eigenvalue weighted by molar-refractivity contribution is -0.140. The molecule has 1 aromatic carbocycles. The van der Waals surface area contributed by atoms with Gasteiger partial charge in [0.15, 0.2) is 12.8 Å². The van der Waals surface area contributed by atoms with E-state index in [0.29, 0.717) is 22.7 Å². The highest BCUT2D eigenvalue weighted by molar-refractivity contribution is 6.04. The molecule has 0 radical (unpaired) electrons. The number of fused-ring (bicyclic) bond motifs is 1. The summed E-state index contributed by atoms with van der Waals surface area (Å²) < 4.78 is 39.0. The largest absolute Gasteiger partial charge is 0.471 e. The van der Waals surface area contributed by atoms with E-state index >= 15 is 0 Å². The van der Waals surface area contributed by atoms with Gasteiger partial charge in [0.2, 0.25) is 6.23 Å². The Hall–Kier alpha value is -3.09. The predicted molar refractivity (Wildman–Crippen MR) is 94.0 cm³/mol. The average Bonchev–Trinajstić information content (AvgIpc) is 3.24. The fourth-order valence-corrected chi connectivity index (χ4v) is 3.09. The number of nitrogens with one attached hydrogen (secondary N) is 2. The number of rotatable bonds is 4. The summed E-state index contributed by atoms with van der Waals surface area (Å²) >= 11 is 0. The molecule has 2 aliphatic heterocycles. The third-order valence-corrected chi connectivity index (χ3v) is 4.62. The van der Waals surface area contributed by atoms with Crippen LogP contribution in [-0.4, -0.2) is 57.1 Å². The Morgan fingerprint density at radius 1 is 1.41 bits per heavy atom. The number of ether oxygens (including phenoxy) is 2. The first-order valence-electron chi connectivity index (χ1n) is 8.54. The molecule has 4 N–H and O–H groups in total. The van der Waals surface area contributed by atoms with Crippen molar-refractivity contribution in [1.82, 2.24) is 9.55 Å². The van der Waals surface area contributed by atoms with E-state index in [2.05, 4.69) is 15.6 Å². The number of aliphatic hydroxyl groups is 2. The summed E-state index contributed by atoms with van der Waals surface area (Å²) in [5.41, 5.74) is -0.215. The van der Waals surface area contributed by atoms with E-state index in [0.717, 1.165) is 12.3 Å². The number of halogens is 2. The molecule has 0 spiro atoms. The SMILES string of the molecule is O=C(Nc1ccn(C2O[C@H](CO)[C@@H](O)C2(F)F)c(=O)n1)c1ccc2c(c1)NCO2. The van der Waals surface area contributed by atoms with Crippen molar-refractivity contribution in [1.29, 1.82) is 0 Å². The summed E-state index contributed by atoms with van der Waals surface area (Å²) in [4.78, 5) is 28.1. The molecule has 1 unspecified atom stereocenters. The maximum atomic E-state index is 14.2. The number of aromatic nitrogens is 2. The van der Waals surface area contributed by atoms with Gasteiger partial charge in [0.1, 0.15) is 17.7 Å². The number of benzene rings is 1. The van der Waals surface area contributed by atoms with Crippen LogP contribution in [0.15, 0.2) is 35.3 Å². The zero-order chi connectivity index (χ0) is 20.8. The number of alkyl halides is 2. The number of hydrogen-bond donors (Lipinski definition) is 4. The summed E-state index contributed by atoms with van der Waals surface area (Å²) in [6, 6.07) is 5.83. The first kappa shape index (κ1) is 19.2. The molecule has 10 nitrogen and oxygen atoms in total. The number of carbonyl (C=O) groups is 1. The standard InChI is InChI=1S/C17H16F2N4O6/c18-17(19)13(25)11(6-24)29-15(17)23-4-3-12(22-16(23)27)21-14(26)8-1-2-10-9(5-8)20-7-28-10/h1-5,11,13,15,20,24-25H,6-7H2,(H,21,22,26,27)/t11-,13-,15?/m1/s1. The monoisotopic (exact) mass is 410 g/mol. The number of amides is 1. The van der Waals surface area contributed by atoms with Crippen molar-refractivity contribution >= 4 is 17.4 Å². The van der Waals surface area contributed by atoms with E-state index < -0.39 is 42.6 Å². The fourth-order valence-electron chi connectivity index (χ4n) is 3.09. The molecule has 1 aromatic heterocycles. The minimum absolute atomic E-state index is 0.151. The summed E-state index contributed by atoms with van der Waals surface area (Å²) in [6.07, 6.45) is -4.99. The molecule has 3 atom stereocenters. The zero-order valence-electron chi connectivity index (χ0n) is 14.7. The summed E-state index contributed by atoms with van der Waals surface area (Å²) in [5.74, 6) is -3.93. The molecule has 1 fully saturated rings. The second-order valence-corrected chi connectivity index (χ2v) is 6.46. The molecule has 4 rings (SSSR count). The van der Waals surface area contributed by atoms with Crippen LogP contribution in [0.2, 0.25) is 0 Å². The summed E-state index contributed by atoms with van der Waals surface area (Å²) in [5, 5.41) is 23.9. The highest BCUT2D eigenvalue weighted by Crippen LogP contribution is 2.42. The van der Waals surface area contributed by atoms with Crippen LogP contribution in [0.4, 0.5) is 20.3 Å². The Morgan fingerprint density at radius 3 is 2.90 bits per heavy atom. The Morgan fingerprint density at radius 2 is 2.21 bits per heavy atom. The Bertz CT molecular complexity index is 1010. The van der Waals surface area contributed by atoms with Gasteiger partial charge in [-0.05, 0) is 24.3 Å². The molecule has 1 amide bonds. The maximum Gasteiger partial charge on any atom is 0.351 e. The number of carbonyl (C=O) groups excluding carboxylic acids is 1. The minimum atomic E-state index is -3.82. The van der Waals surface area contributed by atoms with E-state index in [1.807, 2.05) is 0 Å². The number of aliphatic hydroxyl groups excluding tert-OH is 2. The topological polar surface area (TPSA) is 135 Å². The normalized spacial score (nSPS) is 24.5. The second-order valence-electron chi connectivity index (χ2n) is 6.46. The van der Waals surface area contributed by atoms with Crippen molar-refractivity contribution < 1.29 is 33.3 Å². The molecule has 154 valence electrons. The van der Waals surface area contributed by atoms with Gasteiger partial charge in [-0.2, -0.15) is 13.8 Å². The predicted octanol–water partition coefficient (Wildman–Crippen LogP) is 0.143. The van der Waals surface area contributed by atoms with Gasteiger partial charge in [-0.3, -0.25) is 9.36 Å². The van der Waals surface area contributed by atoms with Crippen molar-refractivity contribution in [2.75, 3.05) is 24.0 Å². The van der Waals surface area contributed by atoms with Gasteiger partial charge in [0, 0.05) is 11.8 Å². The maximum absolute atomic E-state index is 14.2. The lowest BCUT2D eigenvalue weighted by Gasteiger charge is -2.21. The molecule has 0 saturated carbocycles. The van der Waals surface area contributed by atoms with Crippen molar-refractivity contribution in [2.24, 2.45) is 0 Å². The zero-order valence-corrected chi connectivity index (χ0v) is 14.7. The summed E-state index contributed by atoms with van der Waals surface area (Å²) in [7, 11) is 0. The average molecular weight is 410 g/mol. The van der Waals surface area contributed by atoms with Gasteiger partial charge in [-0.25, -0.2) is 4.79 Å². The van der Waals surface area contributed by atoms with Gasteiger partial charge in [0.25, 0.3) is 5.91 Å². The van der Waals surface area contributed by atoms with Crippen molar-refractivity contribution in [3.63, 3.8) is 0 Å². The van der Waals surface area contributed by atoms with Crippen LogP contribution in [0.3, 0.4) is 0 Å². The van der Waals surface area contributed by atoms with Crippen LogP contribution in [0.5, 0.6) is 5.75 Å². The second kappa shape index (κ2) is 7.06. The van der Waals surface area contributed by atoms with Crippen LogP contribution < -0.4 is 21.1 Å². The molecular formula is C17H16F2N4O6. The third-order valence-electron chi connectivity index (χ3n) is 4.62. The van der Waals surface area contributed by atoms with Crippen LogP contribution in [0.1, 0.15) is 16.6 Å². The van der Waals surface area contributed by atoms with Crippen molar-refractivity contribution in [3.05, 3.63) is 46.5 Å².